The number of guanidine groups is 1. The molecule has 1 unspecified atom stereocenters. The lowest BCUT2D eigenvalue weighted by molar-refractivity contribution is -0.129. The predicted molar refractivity (Wildman–Crippen MR) is 79.4 cm³/mol. The number of aliphatic imine (C=N–C) groups is 1. The van der Waals surface area contributed by atoms with E-state index in [-0.39, 0.29) is 11.4 Å². The van der Waals surface area contributed by atoms with E-state index in [9.17, 15) is 4.79 Å². The fourth-order valence-electron chi connectivity index (χ4n) is 3.76. The largest absolute Gasteiger partial charge is 0.369 e. The van der Waals surface area contributed by atoms with Gasteiger partial charge in [-0.1, -0.05) is 6.42 Å². The van der Waals surface area contributed by atoms with Crippen LogP contribution in [0.1, 0.15) is 45.4 Å². The number of likely N-dealkylation sites (tertiary alicyclic amines) is 1. The van der Waals surface area contributed by atoms with Crippen molar-refractivity contribution in [1.82, 2.24) is 9.80 Å². The molecule has 3 aliphatic rings. The molecule has 0 aromatic heterocycles. The molecule has 112 valence electrons. The highest BCUT2D eigenvalue weighted by atomic mass is 16.2. The summed E-state index contributed by atoms with van der Waals surface area (Å²) in [6.07, 6.45) is 6.93. The number of nitrogens with two attached hydrogens (primary N) is 1. The fraction of sp³-hybridized carbons (Fsp3) is 0.867. The number of hydrogen-bond acceptors (Lipinski definition) is 4. The molecule has 1 saturated carbocycles. The van der Waals surface area contributed by atoms with E-state index in [1.54, 1.807) is 7.05 Å². The van der Waals surface area contributed by atoms with Gasteiger partial charge in [0.05, 0.1) is 12.0 Å². The molecule has 1 aliphatic carbocycles. The first-order valence-electron chi connectivity index (χ1n) is 7.85. The molecule has 2 N–H and O–H groups in total. The Balaban J connectivity index is 1.75. The minimum absolute atomic E-state index is 0.0979. The van der Waals surface area contributed by atoms with E-state index >= 15 is 0 Å². The van der Waals surface area contributed by atoms with E-state index < -0.39 is 0 Å². The molecule has 0 aromatic rings. The highest BCUT2D eigenvalue weighted by molar-refractivity contribution is 5.98. The lowest BCUT2D eigenvalue weighted by atomic mass is 9.76. The maximum absolute atomic E-state index is 12.1. The maximum atomic E-state index is 12.1. The first-order valence-corrected chi connectivity index (χ1v) is 7.85. The van der Waals surface area contributed by atoms with E-state index in [0.29, 0.717) is 18.3 Å². The van der Waals surface area contributed by atoms with Gasteiger partial charge in [-0.2, -0.15) is 0 Å². The third kappa shape index (κ3) is 2.32. The van der Waals surface area contributed by atoms with E-state index in [4.69, 9.17) is 5.73 Å². The molecule has 0 radical (unpaired) electrons. The quantitative estimate of drug-likeness (QED) is 0.825. The lowest BCUT2D eigenvalue weighted by Crippen LogP contribution is -2.56. The number of nitrogens with zero attached hydrogens (tertiary/aromatic N) is 3. The Bertz CT molecular complexity index is 432. The topological polar surface area (TPSA) is 61.9 Å². The second-order valence-corrected chi connectivity index (χ2v) is 6.88. The molecule has 5 nitrogen and oxygen atoms in total. The molecule has 20 heavy (non-hydrogen) atoms. The number of carbonyl (C=O) groups is 1. The summed E-state index contributed by atoms with van der Waals surface area (Å²) >= 11 is 0. The molecule has 2 fully saturated rings. The van der Waals surface area contributed by atoms with E-state index in [1.165, 1.54) is 37.1 Å². The van der Waals surface area contributed by atoms with Crippen LogP contribution in [0.3, 0.4) is 0 Å². The van der Waals surface area contributed by atoms with Crippen molar-refractivity contribution in [3.8, 4) is 0 Å². The summed E-state index contributed by atoms with van der Waals surface area (Å²) in [6, 6.07) is 0.782. The van der Waals surface area contributed by atoms with Crippen LogP contribution in [0.2, 0.25) is 0 Å². The molecule has 0 spiro atoms. The monoisotopic (exact) mass is 278 g/mol. The van der Waals surface area contributed by atoms with Gasteiger partial charge in [0.15, 0.2) is 5.96 Å². The number of rotatable bonds is 2. The van der Waals surface area contributed by atoms with Crippen LogP contribution in [0.15, 0.2) is 4.99 Å². The number of piperidine rings is 1. The third-order valence-corrected chi connectivity index (χ3v) is 5.52. The van der Waals surface area contributed by atoms with Gasteiger partial charge in [0.25, 0.3) is 0 Å². The van der Waals surface area contributed by atoms with Gasteiger partial charge in [-0.15, -0.1) is 0 Å². The summed E-state index contributed by atoms with van der Waals surface area (Å²) < 4.78 is 0. The summed E-state index contributed by atoms with van der Waals surface area (Å²) in [7, 11) is 1.71. The summed E-state index contributed by atoms with van der Waals surface area (Å²) in [5, 5.41) is 0. The molecule has 2 heterocycles. The summed E-state index contributed by atoms with van der Waals surface area (Å²) in [5.74, 6) is 0.929. The van der Waals surface area contributed by atoms with Crippen molar-refractivity contribution < 1.29 is 4.79 Å². The van der Waals surface area contributed by atoms with Gasteiger partial charge < -0.3 is 10.6 Å². The molecule has 0 aromatic carbocycles. The van der Waals surface area contributed by atoms with Crippen LogP contribution in [-0.4, -0.2) is 53.4 Å². The molecule has 3 rings (SSSR count). The molecule has 5 heteroatoms. The average molecular weight is 278 g/mol. The standard InChI is InChI=1S/C15H26N4O/c1-15(9-13(20)18(2)14(16)17-15)11-5-4-8-19(10-11)12-6-3-7-12/h11-12H,3-10H2,1-2H3,(H2,16,17)/t11?,15-/m0/s1. The second kappa shape index (κ2) is 5.02. The van der Waals surface area contributed by atoms with Gasteiger partial charge >= 0.3 is 0 Å². The van der Waals surface area contributed by atoms with E-state index in [2.05, 4.69) is 16.8 Å². The first-order chi connectivity index (χ1) is 9.49. The van der Waals surface area contributed by atoms with Crippen molar-refractivity contribution in [2.24, 2.45) is 16.6 Å². The molecular formula is C15H26N4O. The fourth-order valence-corrected chi connectivity index (χ4v) is 3.76. The van der Waals surface area contributed by atoms with Crippen LogP contribution >= 0.6 is 0 Å². The van der Waals surface area contributed by atoms with E-state index in [1.807, 2.05) is 0 Å². The molecule has 2 atom stereocenters. The smallest absolute Gasteiger partial charge is 0.231 e. The first kappa shape index (κ1) is 13.9. The lowest BCUT2D eigenvalue weighted by Gasteiger charge is -2.47. The Hall–Kier alpha value is -1.10. The molecule has 1 saturated heterocycles. The Labute approximate surface area is 121 Å². The van der Waals surface area contributed by atoms with Crippen molar-refractivity contribution in [1.29, 1.82) is 0 Å². The molecule has 0 bridgehead atoms. The zero-order valence-corrected chi connectivity index (χ0v) is 12.6. The maximum Gasteiger partial charge on any atom is 0.231 e. The number of carbonyl (C=O) groups excluding carboxylic acids is 1. The zero-order chi connectivity index (χ0) is 14.3. The van der Waals surface area contributed by atoms with Gasteiger partial charge in [0.2, 0.25) is 5.91 Å². The Morgan fingerprint density at radius 1 is 1.30 bits per heavy atom. The van der Waals surface area contributed by atoms with Gasteiger partial charge in [-0.25, -0.2) is 4.99 Å². The molecule has 2 aliphatic heterocycles. The highest BCUT2D eigenvalue weighted by Gasteiger charge is 2.43. The Morgan fingerprint density at radius 3 is 2.65 bits per heavy atom. The normalized spacial score (nSPS) is 36.7. The van der Waals surface area contributed by atoms with Crippen molar-refractivity contribution in [2.75, 3.05) is 20.1 Å². The summed E-state index contributed by atoms with van der Waals surface area (Å²) in [4.78, 5) is 20.9. The third-order valence-electron chi connectivity index (χ3n) is 5.52. The number of hydrogen-bond donors (Lipinski definition) is 1. The van der Waals surface area contributed by atoms with Crippen molar-refractivity contribution >= 4 is 11.9 Å². The van der Waals surface area contributed by atoms with Crippen LogP contribution in [0.25, 0.3) is 0 Å². The molecular weight excluding hydrogens is 252 g/mol. The summed E-state index contributed by atoms with van der Waals surface area (Å²) in [5.41, 5.74) is 5.61. The van der Waals surface area contributed by atoms with Crippen molar-refractivity contribution in [2.45, 2.75) is 57.0 Å². The van der Waals surface area contributed by atoms with Crippen molar-refractivity contribution in [3.05, 3.63) is 0 Å². The van der Waals surface area contributed by atoms with Crippen LogP contribution in [0.4, 0.5) is 0 Å². The minimum atomic E-state index is -0.309. The molecule has 1 amide bonds. The zero-order valence-electron chi connectivity index (χ0n) is 12.6. The number of amides is 1. The minimum Gasteiger partial charge on any atom is -0.369 e. The Kier molecular flexibility index (Phi) is 3.48. The van der Waals surface area contributed by atoms with Gasteiger partial charge in [-0.3, -0.25) is 9.69 Å². The van der Waals surface area contributed by atoms with Crippen LogP contribution in [0.5, 0.6) is 0 Å². The van der Waals surface area contributed by atoms with Gasteiger partial charge in [-0.05, 0) is 45.1 Å². The van der Waals surface area contributed by atoms with Gasteiger partial charge in [0, 0.05) is 19.6 Å². The van der Waals surface area contributed by atoms with Crippen LogP contribution in [-0.2, 0) is 4.79 Å². The van der Waals surface area contributed by atoms with Crippen LogP contribution < -0.4 is 5.73 Å². The SMILES string of the molecule is CN1C(=O)C[C@@](C)(C2CCCN(C3CCC3)C2)N=C1N. The second-order valence-electron chi connectivity index (χ2n) is 6.88. The Morgan fingerprint density at radius 2 is 2.05 bits per heavy atom. The van der Waals surface area contributed by atoms with Crippen molar-refractivity contribution in [3.63, 3.8) is 0 Å². The van der Waals surface area contributed by atoms with E-state index in [0.717, 1.165) is 19.0 Å². The van der Waals surface area contributed by atoms with Gasteiger partial charge in [0.1, 0.15) is 0 Å². The average Bonchev–Trinajstić information content (AvgIpc) is 2.34. The predicted octanol–water partition coefficient (Wildman–Crippen LogP) is 1.19. The highest BCUT2D eigenvalue weighted by Crippen LogP contribution is 2.38. The van der Waals surface area contributed by atoms with Crippen LogP contribution in [0, 0.1) is 5.92 Å². The summed E-state index contributed by atoms with van der Waals surface area (Å²) in [6.45, 7) is 4.40.